The second kappa shape index (κ2) is 9.55. The first kappa shape index (κ1) is 19.4. The zero-order chi connectivity index (χ0) is 18.4. The van der Waals surface area contributed by atoms with Crippen molar-refractivity contribution in [3.8, 4) is 0 Å². The maximum atomic E-state index is 12.9. The summed E-state index contributed by atoms with van der Waals surface area (Å²) in [5.74, 6) is 0.531. The van der Waals surface area contributed by atoms with Crippen molar-refractivity contribution in [1.29, 1.82) is 0 Å². The van der Waals surface area contributed by atoms with Gasteiger partial charge < -0.3 is 19.9 Å². The third kappa shape index (κ3) is 5.33. The van der Waals surface area contributed by atoms with Crippen molar-refractivity contribution < 1.29 is 14.3 Å². The van der Waals surface area contributed by atoms with Crippen LogP contribution in [0.3, 0.4) is 0 Å². The zero-order valence-electron chi connectivity index (χ0n) is 16.1. The number of nitrogens with zero attached hydrogens (tertiary/aromatic N) is 3. The summed E-state index contributed by atoms with van der Waals surface area (Å²) >= 11 is 0. The van der Waals surface area contributed by atoms with Crippen molar-refractivity contribution in [3.05, 3.63) is 0 Å². The highest BCUT2D eigenvalue weighted by molar-refractivity contribution is 5.81. The maximum Gasteiger partial charge on any atom is 0.317 e. The van der Waals surface area contributed by atoms with E-state index in [9.17, 15) is 9.59 Å². The lowest BCUT2D eigenvalue weighted by molar-refractivity contribution is -0.136. The molecule has 1 unspecified atom stereocenters. The van der Waals surface area contributed by atoms with Crippen LogP contribution in [-0.4, -0.2) is 91.7 Å². The highest BCUT2D eigenvalue weighted by Crippen LogP contribution is 2.32. The first-order valence-electron chi connectivity index (χ1n) is 10.3. The van der Waals surface area contributed by atoms with Crippen LogP contribution in [0.15, 0.2) is 0 Å². The smallest absolute Gasteiger partial charge is 0.317 e. The highest BCUT2D eigenvalue weighted by atomic mass is 16.5. The number of hydrogen-bond acceptors (Lipinski definition) is 4. The summed E-state index contributed by atoms with van der Waals surface area (Å²) in [6.07, 6.45) is 4.96. The molecule has 0 bridgehead atoms. The van der Waals surface area contributed by atoms with E-state index in [2.05, 4.69) is 22.0 Å². The van der Waals surface area contributed by atoms with Crippen LogP contribution in [0.25, 0.3) is 0 Å². The van der Waals surface area contributed by atoms with Crippen molar-refractivity contribution in [2.24, 2.45) is 5.92 Å². The lowest BCUT2D eigenvalue weighted by Gasteiger charge is -2.40. The van der Waals surface area contributed by atoms with Crippen molar-refractivity contribution in [2.45, 2.75) is 45.1 Å². The number of amides is 3. The number of piperidine rings is 1. The largest absolute Gasteiger partial charge is 0.379 e. The molecule has 2 saturated heterocycles. The Morgan fingerprint density at radius 1 is 1.15 bits per heavy atom. The van der Waals surface area contributed by atoms with Gasteiger partial charge in [-0.2, -0.15) is 0 Å². The van der Waals surface area contributed by atoms with Crippen LogP contribution in [0.4, 0.5) is 4.79 Å². The number of rotatable bonds is 7. The molecule has 3 rings (SSSR count). The Kier molecular flexibility index (Phi) is 7.14. The lowest BCUT2D eigenvalue weighted by Crippen LogP contribution is -2.55. The lowest BCUT2D eigenvalue weighted by atomic mass is 10.0. The molecule has 0 aromatic carbocycles. The molecule has 2 heterocycles. The number of carbonyl (C=O) groups excluding carboxylic acids is 2. The van der Waals surface area contributed by atoms with Crippen molar-refractivity contribution in [2.75, 3.05) is 59.0 Å². The minimum absolute atomic E-state index is 0.0172. The van der Waals surface area contributed by atoms with Crippen molar-refractivity contribution in [3.63, 3.8) is 0 Å². The molecule has 26 heavy (non-hydrogen) atoms. The van der Waals surface area contributed by atoms with E-state index in [4.69, 9.17) is 4.74 Å². The summed E-state index contributed by atoms with van der Waals surface area (Å²) in [7, 11) is 0. The van der Waals surface area contributed by atoms with Crippen LogP contribution in [0.1, 0.15) is 39.0 Å². The quantitative estimate of drug-likeness (QED) is 0.734. The molecule has 0 aromatic heterocycles. The van der Waals surface area contributed by atoms with Crippen molar-refractivity contribution >= 4 is 11.9 Å². The van der Waals surface area contributed by atoms with Gasteiger partial charge in [0.05, 0.1) is 13.2 Å². The van der Waals surface area contributed by atoms with E-state index >= 15 is 0 Å². The zero-order valence-corrected chi connectivity index (χ0v) is 16.1. The molecule has 7 heteroatoms. The second-order valence-corrected chi connectivity index (χ2v) is 7.73. The van der Waals surface area contributed by atoms with Gasteiger partial charge in [0, 0.05) is 57.8 Å². The Morgan fingerprint density at radius 3 is 2.62 bits per heavy atom. The molecular formula is C19H34N4O3. The standard InChI is InChI=1S/C19H34N4O3/c1-2-7-20-19(25)22-8-3-4-17(15-22)23(18(24)16-5-6-16)10-9-21-11-13-26-14-12-21/h16-17H,2-15H2,1H3,(H,20,25). The fourth-order valence-electron chi connectivity index (χ4n) is 3.85. The number of carbonyl (C=O) groups is 2. The molecule has 7 nitrogen and oxygen atoms in total. The van der Waals surface area contributed by atoms with Gasteiger partial charge in [-0.1, -0.05) is 6.92 Å². The molecule has 1 saturated carbocycles. The third-order valence-electron chi connectivity index (χ3n) is 5.62. The Hall–Kier alpha value is -1.34. The van der Waals surface area contributed by atoms with Gasteiger partial charge in [-0.05, 0) is 32.1 Å². The van der Waals surface area contributed by atoms with E-state index in [0.29, 0.717) is 19.0 Å². The first-order valence-corrected chi connectivity index (χ1v) is 10.3. The molecule has 1 aliphatic carbocycles. The Labute approximate surface area is 157 Å². The van der Waals surface area contributed by atoms with Crippen LogP contribution in [0.5, 0.6) is 0 Å². The molecule has 1 atom stereocenters. The Morgan fingerprint density at radius 2 is 1.92 bits per heavy atom. The van der Waals surface area contributed by atoms with E-state index in [1.807, 2.05) is 4.90 Å². The molecule has 148 valence electrons. The Bertz CT molecular complexity index is 477. The normalized spacial score (nSPS) is 24.3. The first-order chi connectivity index (χ1) is 12.7. The van der Waals surface area contributed by atoms with Gasteiger partial charge in [-0.3, -0.25) is 9.69 Å². The summed E-state index contributed by atoms with van der Waals surface area (Å²) in [6, 6.07) is 0.175. The van der Waals surface area contributed by atoms with Gasteiger partial charge in [0.25, 0.3) is 0 Å². The number of urea groups is 1. The predicted octanol–water partition coefficient (Wildman–Crippen LogP) is 1.14. The number of hydrogen-bond donors (Lipinski definition) is 1. The molecule has 0 spiro atoms. The van der Waals surface area contributed by atoms with E-state index < -0.39 is 0 Å². The topological polar surface area (TPSA) is 65.1 Å². The summed E-state index contributed by atoms with van der Waals surface area (Å²) in [6.45, 7) is 9.35. The van der Waals surface area contributed by atoms with Crippen LogP contribution in [0, 0.1) is 5.92 Å². The minimum atomic E-state index is 0.0172. The average Bonchev–Trinajstić information content (AvgIpc) is 3.52. The molecule has 2 aliphatic heterocycles. The molecule has 3 aliphatic rings. The van der Waals surface area contributed by atoms with E-state index in [1.165, 1.54) is 0 Å². The number of nitrogens with one attached hydrogen (secondary N) is 1. The van der Waals surface area contributed by atoms with Crippen LogP contribution in [-0.2, 0) is 9.53 Å². The van der Waals surface area contributed by atoms with Crippen molar-refractivity contribution in [1.82, 2.24) is 20.0 Å². The monoisotopic (exact) mass is 366 g/mol. The van der Waals surface area contributed by atoms with E-state index in [0.717, 1.165) is 78.0 Å². The molecule has 3 amide bonds. The van der Waals surface area contributed by atoms with E-state index in [-0.39, 0.29) is 18.0 Å². The van der Waals surface area contributed by atoms with Gasteiger partial charge in [0.1, 0.15) is 0 Å². The summed E-state index contributed by atoms with van der Waals surface area (Å²) in [5.41, 5.74) is 0. The summed E-state index contributed by atoms with van der Waals surface area (Å²) in [4.78, 5) is 31.6. The van der Waals surface area contributed by atoms with Gasteiger partial charge >= 0.3 is 6.03 Å². The molecule has 3 fully saturated rings. The molecule has 0 radical (unpaired) electrons. The third-order valence-corrected chi connectivity index (χ3v) is 5.62. The van der Waals surface area contributed by atoms with Crippen LogP contribution >= 0.6 is 0 Å². The second-order valence-electron chi connectivity index (χ2n) is 7.73. The fraction of sp³-hybridized carbons (Fsp3) is 0.895. The number of likely N-dealkylation sites (tertiary alicyclic amines) is 1. The summed E-state index contributed by atoms with van der Waals surface area (Å²) < 4.78 is 5.42. The van der Waals surface area contributed by atoms with Crippen LogP contribution in [0.2, 0.25) is 0 Å². The predicted molar refractivity (Wildman–Crippen MR) is 100.0 cm³/mol. The Balaban J connectivity index is 1.57. The van der Waals surface area contributed by atoms with Crippen LogP contribution < -0.4 is 5.32 Å². The fourth-order valence-corrected chi connectivity index (χ4v) is 3.85. The van der Waals surface area contributed by atoms with E-state index in [1.54, 1.807) is 0 Å². The average molecular weight is 367 g/mol. The van der Waals surface area contributed by atoms with Gasteiger partial charge in [-0.15, -0.1) is 0 Å². The van der Waals surface area contributed by atoms with Gasteiger partial charge in [0.15, 0.2) is 0 Å². The molecule has 0 aromatic rings. The number of ether oxygens (including phenoxy) is 1. The SMILES string of the molecule is CCCNC(=O)N1CCCC(N(CCN2CCOCC2)C(=O)C2CC2)C1. The number of morpholine rings is 1. The molecular weight excluding hydrogens is 332 g/mol. The summed E-state index contributed by atoms with van der Waals surface area (Å²) in [5, 5.41) is 2.97. The van der Waals surface area contributed by atoms with Gasteiger partial charge in [-0.25, -0.2) is 4.79 Å². The van der Waals surface area contributed by atoms with Gasteiger partial charge in [0.2, 0.25) is 5.91 Å². The highest BCUT2D eigenvalue weighted by Gasteiger charge is 2.38. The molecule has 1 N–H and O–H groups in total. The maximum absolute atomic E-state index is 12.9. The minimum Gasteiger partial charge on any atom is -0.379 e.